The molecule has 0 aliphatic carbocycles. The Bertz CT molecular complexity index is 418. The highest BCUT2D eigenvalue weighted by atomic mass is 16.1. The molecule has 1 aromatic heterocycles. The molecule has 1 saturated heterocycles. The molecule has 0 unspecified atom stereocenters. The highest BCUT2D eigenvalue weighted by molar-refractivity contribution is 5.56. The largest absolute Gasteiger partial charge is 0.354 e. The van der Waals surface area contributed by atoms with Crippen molar-refractivity contribution in [3.63, 3.8) is 0 Å². The molecule has 0 spiro atoms. The maximum atomic E-state index is 10.6. The number of carbonyl (C=O) groups is 1. The van der Waals surface area contributed by atoms with Crippen LogP contribution >= 0.6 is 0 Å². The van der Waals surface area contributed by atoms with E-state index in [9.17, 15) is 4.79 Å². The molecule has 0 amide bonds. The minimum Gasteiger partial charge on any atom is -0.354 e. The van der Waals surface area contributed by atoms with E-state index in [4.69, 9.17) is 5.26 Å². The number of nitriles is 1. The van der Waals surface area contributed by atoms with Crippen LogP contribution < -0.4 is 4.90 Å². The molecular weight excluding hydrogens is 204 g/mol. The van der Waals surface area contributed by atoms with Crippen LogP contribution in [-0.4, -0.2) is 29.6 Å². The van der Waals surface area contributed by atoms with Gasteiger partial charge in [-0.2, -0.15) is 10.4 Å². The lowest BCUT2D eigenvalue weighted by molar-refractivity contribution is -0.111. The molecule has 1 aliphatic rings. The first-order valence-corrected chi connectivity index (χ1v) is 5.27. The van der Waals surface area contributed by atoms with Crippen LogP contribution in [0.4, 0.5) is 5.82 Å². The fourth-order valence-corrected chi connectivity index (χ4v) is 1.89. The van der Waals surface area contributed by atoms with E-state index in [1.54, 1.807) is 6.07 Å². The smallest absolute Gasteiger partial charge is 0.169 e. The van der Waals surface area contributed by atoms with Crippen LogP contribution in [0.3, 0.4) is 0 Å². The number of nitrogens with zero attached hydrogens (tertiary/aromatic N) is 4. The molecule has 2 heterocycles. The van der Waals surface area contributed by atoms with E-state index in [1.165, 1.54) is 6.20 Å². The summed E-state index contributed by atoms with van der Waals surface area (Å²) in [5, 5.41) is 16.7. The Hall–Kier alpha value is -1.96. The number of carbonyl (C=O) groups excluding carboxylic acids is 1. The standard InChI is InChI=1S/C11H12N4O/c12-7-10-1-4-13-14-11(10)15-5-2-9(8-16)3-6-15/h1,4,8-9H,2-3,5-6H2. The van der Waals surface area contributed by atoms with Gasteiger partial charge in [-0.15, -0.1) is 5.10 Å². The first-order chi connectivity index (χ1) is 7.85. The maximum Gasteiger partial charge on any atom is 0.169 e. The van der Waals surface area contributed by atoms with Gasteiger partial charge in [0.15, 0.2) is 5.82 Å². The Labute approximate surface area is 93.7 Å². The van der Waals surface area contributed by atoms with Crippen LogP contribution in [0.2, 0.25) is 0 Å². The monoisotopic (exact) mass is 216 g/mol. The molecule has 82 valence electrons. The van der Waals surface area contributed by atoms with E-state index < -0.39 is 0 Å². The molecular formula is C11H12N4O. The number of piperidine rings is 1. The van der Waals surface area contributed by atoms with E-state index in [1.807, 2.05) is 4.90 Å². The summed E-state index contributed by atoms with van der Waals surface area (Å²) >= 11 is 0. The third-order valence-corrected chi connectivity index (χ3v) is 2.85. The fraction of sp³-hybridized carbons (Fsp3) is 0.455. The maximum absolute atomic E-state index is 10.6. The highest BCUT2D eigenvalue weighted by Gasteiger charge is 2.21. The molecule has 1 aromatic rings. The van der Waals surface area contributed by atoms with Crippen LogP contribution in [0.15, 0.2) is 12.3 Å². The van der Waals surface area contributed by atoms with Crippen molar-refractivity contribution >= 4 is 12.1 Å². The number of rotatable bonds is 2. The van der Waals surface area contributed by atoms with Gasteiger partial charge in [0.1, 0.15) is 12.4 Å². The third kappa shape index (κ3) is 2.01. The first-order valence-electron chi connectivity index (χ1n) is 5.27. The van der Waals surface area contributed by atoms with Crippen LogP contribution in [0, 0.1) is 17.2 Å². The second-order valence-corrected chi connectivity index (χ2v) is 3.84. The molecule has 0 bridgehead atoms. The lowest BCUT2D eigenvalue weighted by Gasteiger charge is -2.30. The summed E-state index contributed by atoms with van der Waals surface area (Å²) < 4.78 is 0. The van der Waals surface area contributed by atoms with Crippen LogP contribution in [0.25, 0.3) is 0 Å². The molecule has 0 N–H and O–H groups in total. The van der Waals surface area contributed by atoms with Crippen LogP contribution in [0.1, 0.15) is 18.4 Å². The van der Waals surface area contributed by atoms with E-state index >= 15 is 0 Å². The topological polar surface area (TPSA) is 69.9 Å². The Morgan fingerprint density at radius 1 is 1.50 bits per heavy atom. The Morgan fingerprint density at radius 3 is 2.88 bits per heavy atom. The van der Waals surface area contributed by atoms with Crippen molar-refractivity contribution in [1.29, 1.82) is 5.26 Å². The van der Waals surface area contributed by atoms with Gasteiger partial charge in [-0.1, -0.05) is 0 Å². The van der Waals surface area contributed by atoms with Crippen molar-refractivity contribution in [1.82, 2.24) is 10.2 Å². The molecule has 1 fully saturated rings. The van der Waals surface area contributed by atoms with Crippen molar-refractivity contribution in [3.05, 3.63) is 17.8 Å². The zero-order valence-corrected chi connectivity index (χ0v) is 8.83. The van der Waals surface area contributed by atoms with E-state index in [2.05, 4.69) is 16.3 Å². The van der Waals surface area contributed by atoms with Gasteiger partial charge < -0.3 is 9.69 Å². The SMILES string of the molecule is N#Cc1ccnnc1N1CCC(C=O)CC1. The second kappa shape index (κ2) is 4.71. The van der Waals surface area contributed by atoms with E-state index in [0.717, 1.165) is 32.2 Å². The van der Waals surface area contributed by atoms with Crippen molar-refractivity contribution < 1.29 is 4.79 Å². The molecule has 5 nitrogen and oxygen atoms in total. The lowest BCUT2D eigenvalue weighted by atomic mass is 9.98. The minimum absolute atomic E-state index is 0.151. The fourth-order valence-electron chi connectivity index (χ4n) is 1.89. The van der Waals surface area contributed by atoms with Gasteiger partial charge in [-0.3, -0.25) is 0 Å². The molecule has 0 atom stereocenters. The molecule has 0 aromatic carbocycles. The van der Waals surface area contributed by atoms with Crippen molar-refractivity contribution in [2.24, 2.45) is 5.92 Å². The average Bonchev–Trinajstić information content (AvgIpc) is 2.39. The van der Waals surface area contributed by atoms with Gasteiger partial charge in [0.2, 0.25) is 0 Å². The second-order valence-electron chi connectivity index (χ2n) is 3.84. The van der Waals surface area contributed by atoms with Gasteiger partial charge >= 0.3 is 0 Å². The van der Waals surface area contributed by atoms with Gasteiger partial charge in [0.25, 0.3) is 0 Å². The Morgan fingerprint density at radius 2 is 2.25 bits per heavy atom. The molecule has 1 aliphatic heterocycles. The van der Waals surface area contributed by atoms with Gasteiger partial charge in [0.05, 0.1) is 11.8 Å². The summed E-state index contributed by atoms with van der Waals surface area (Å²) in [6.45, 7) is 1.52. The highest BCUT2D eigenvalue weighted by Crippen LogP contribution is 2.22. The van der Waals surface area contributed by atoms with Gasteiger partial charge in [-0.25, -0.2) is 0 Å². The average molecular weight is 216 g/mol. The first kappa shape index (κ1) is 10.6. The van der Waals surface area contributed by atoms with Crippen LogP contribution in [-0.2, 0) is 4.79 Å². The Kier molecular flexibility index (Phi) is 3.10. The lowest BCUT2D eigenvalue weighted by Crippen LogP contribution is -2.35. The van der Waals surface area contributed by atoms with Crippen LogP contribution in [0.5, 0.6) is 0 Å². The van der Waals surface area contributed by atoms with Crippen molar-refractivity contribution in [2.75, 3.05) is 18.0 Å². The molecule has 2 rings (SSSR count). The zero-order valence-electron chi connectivity index (χ0n) is 8.83. The Balaban J connectivity index is 2.14. The predicted molar refractivity (Wildman–Crippen MR) is 57.7 cm³/mol. The zero-order chi connectivity index (χ0) is 11.4. The summed E-state index contributed by atoms with van der Waals surface area (Å²) in [6, 6.07) is 3.77. The third-order valence-electron chi connectivity index (χ3n) is 2.85. The minimum atomic E-state index is 0.151. The summed E-state index contributed by atoms with van der Waals surface area (Å²) in [5.74, 6) is 0.785. The van der Waals surface area contributed by atoms with E-state index in [0.29, 0.717) is 11.4 Å². The quantitative estimate of drug-likeness (QED) is 0.683. The van der Waals surface area contributed by atoms with Gasteiger partial charge in [0, 0.05) is 19.0 Å². The molecule has 16 heavy (non-hydrogen) atoms. The number of hydrogen-bond donors (Lipinski definition) is 0. The summed E-state index contributed by atoms with van der Waals surface area (Å²) in [6.07, 6.45) is 4.18. The summed E-state index contributed by atoms with van der Waals surface area (Å²) in [5.41, 5.74) is 0.541. The summed E-state index contributed by atoms with van der Waals surface area (Å²) in [7, 11) is 0. The number of aromatic nitrogens is 2. The molecule has 0 radical (unpaired) electrons. The number of anilines is 1. The normalized spacial score (nSPS) is 16.8. The van der Waals surface area contributed by atoms with Crippen molar-refractivity contribution in [3.8, 4) is 6.07 Å². The number of hydrogen-bond acceptors (Lipinski definition) is 5. The van der Waals surface area contributed by atoms with Crippen molar-refractivity contribution in [2.45, 2.75) is 12.8 Å². The molecule has 5 heteroatoms. The van der Waals surface area contributed by atoms with E-state index in [-0.39, 0.29) is 5.92 Å². The number of aldehydes is 1. The predicted octanol–water partition coefficient (Wildman–Crippen LogP) is 0.764. The molecule has 0 saturated carbocycles. The summed E-state index contributed by atoms with van der Waals surface area (Å²) in [4.78, 5) is 12.6. The van der Waals surface area contributed by atoms with Gasteiger partial charge in [-0.05, 0) is 18.9 Å².